The molecule has 8 aromatic carbocycles. The van der Waals surface area contributed by atoms with Crippen molar-refractivity contribution in [1.82, 2.24) is 9.55 Å². The number of fused-ring (bicyclic) bond motifs is 4. The monoisotopic (exact) mass is 1080 g/mol. The number of ether oxygens (including phenoxy) is 1. The second kappa shape index (κ2) is 15.1. The van der Waals surface area contributed by atoms with Crippen molar-refractivity contribution in [2.45, 2.75) is 62.3 Å². The minimum Gasteiger partial charge on any atom is -0.509 e. The van der Waals surface area contributed by atoms with Gasteiger partial charge in [0.1, 0.15) is 5.82 Å². The molecule has 0 fully saturated rings. The molecule has 3 heterocycles. The summed E-state index contributed by atoms with van der Waals surface area (Å²) in [5, 5.41) is 2.24. The third-order valence-corrected chi connectivity index (χ3v) is 16.3. The Kier molecular flexibility index (Phi) is 9.28. The molecule has 5 nitrogen and oxygen atoms in total. The van der Waals surface area contributed by atoms with E-state index >= 15 is 0 Å². The number of para-hydroxylation sites is 3. The smallest absolute Gasteiger partial charge is 0.135 e. The van der Waals surface area contributed by atoms with Gasteiger partial charge >= 0.3 is 0 Å². The molecule has 6 heteroatoms. The minimum absolute atomic E-state index is 0. The van der Waals surface area contributed by atoms with Gasteiger partial charge in [-0.2, -0.15) is 18.8 Å². The van der Waals surface area contributed by atoms with E-state index in [1.54, 1.807) is 0 Å². The third kappa shape index (κ3) is 5.50. The van der Waals surface area contributed by atoms with Gasteiger partial charge in [-0.1, -0.05) is 161 Å². The van der Waals surface area contributed by atoms with Crippen LogP contribution in [0, 0.1) is 18.8 Å². The Morgan fingerprint density at radius 1 is 0.571 bits per heavy atom. The first kappa shape index (κ1) is 42.9. The molecule has 6 aliphatic carbocycles. The number of hydrogen-bond donors (Lipinski definition) is 0. The van der Waals surface area contributed by atoms with Gasteiger partial charge in [-0.15, -0.1) is 41.4 Å². The van der Waals surface area contributed by atoms with E-state index in [2.05, 4.69) is 244 Å². The van der Waals surface area contributed by atoms with Gasteiger partial charge in [0, 0.05) is 72.4 Å². The van der Waals surface area contributed by atoms with Gasteiger partial charge in [-0.25, -0.2) is 4.98 Å². The van der Waals surface area contributed by atoms with E-state index in [-0.39, 0.29) is 37.8 Å². The van der Waals surface area contributed by atoms with E-state index in [9.17, 15) is 0 Å². The number of anilines is 3. The first-order valence-electron chi connectivity index (χ1n) is 24.2. The molecule has 0 saturated carbocycles. The molecule has 0 spiro atoms. The first-order valence-corrected chi connectivity index (χ1v) is 24.2. The standard InChI is InChI=1S/C64H49N4O.Pt/c1-61(2,3)41-35-36-65-59(37-41)68-55-30-15-8-21-45(55)46-34-33-44(39-58(46)68)69-43-20-18-19-42(38-43)66-40-67(57-32-17-16-31-56(57)66)64-49-24-9-6-22-47(49)60(48-23-7-10-25-50(48)64)62(4)51-26-11-13-28-53(51)63(64,5)54-29-14-12-27-52(54)62;/h6-37,40,60H,1-5H3;/q-3;. The Labute approximate surface area is 424 Å². The van der Waals surface area contributed by atoms with Crippen LogP contribution >= 0.6 is 0 Å². The van der Waals surface area contributed by atoms with Crippen LogP contribution in [-0.2, 0) is 42.8 Å². The van der Waals surface area contributed by atoms with E-state index in [1.807, 2.05) is 18.3 Å². The van der Waals surface area contributed by atoms with Gasteiger partial charge in [0.25, 0.3) is 0 Å². The molecule has 4 bridgehead atoms. The van der Waals surface area contributed by atoms with E-state index in [4.69, 9.17) is 9.72 Å². The zero-order valence-corrected chi connectivity index (χ0v) is 41.9. The Hall–Kier alpha value is -7.20. The van der Waals surface area contributed by atoms with Crippen molar-refractivity contribution in [2.75, 3.05) is 9.80 Å². The molecule has 2 aromatic heterocycles. The van der Waals surface area contributed by atoms with Crippen molar-refractivity contribution in [2.24, 2.45) is 0 Å². The fraction of sp³-hybridized carbons (Fsp3) is 0.156. The summed E-state index contributed by atoms with van der Waals surface area (Å²) in [5.41, 5.74) is 15.6. The molecule has 0 atom stereocenters. The summed E-state index contributed by atoms with van der Waals surface area (Å²) in [6.45, 7) is 14.1. The molecule has 1 aliphatic heterocycles. The predicted octanol–water partition coefficient (Wildman–Crippen LogP) is 15.0. The maximum Gasteiger partial charge on any atom is 0.135 e. The van der Waals surface area contributed by atoms with Crippen molar-refractivity contribution < 1.29 is 25.8 Å². The number of hydrogen-bond acceptors (Lipinski definition) is 4. The molecular weight excluding hydrogens is 1040 g/mol. The van der Waals surface area contributed by atoms with Crippen molar-refractivity contribution in [3.05, 3.63) is 263 Å². The molecule has 0 N–H and O–H groups in total. The summed E-state index contributed by atoms with van der Waals surface area (Å²) in [6, 6.07) is 76.7. The summed E-state index contributed by atoms with van der Waals surface area (Å²) >= 11 is 0. The molecule has 0 saturated heterocycles. The maximum atomic E-state index is 6.80. The molecule has 70 heavy (non-hydrogen) atoms. The molecule has 0 radical (unpaired) electrons. The van der Waals surface area contributed by atoms with Crippen LogP contribution in [0.2, 0.25) is 0 Å². The van der Waals surface area contributed by atoms with E-state index in [0.717, 1.165) is 44.7 Å². The van der Waals surface area contributed by atoms with Crippen LogP contribution < -0.4 is 14.5 Å². The fourth-order valence-electron chi connectivity index (χ4n) is 13.4. The average Bonchev–Trinajstić information content (AvgIpc) is 3.93. The number of aromatic nitrogens is 2. The summed E-state index contributed by atoms with van der Waals surface area (Å²) in [6.07, 6.45) is 1.91. The SMILES string of the molecule is CC(C)(C)c1ccnc(-n2c3[c-]c(Oc4[c-]c(N5[CH-]N(C67c8ccccc8C(c8ccccc86)C6(C)c8ccccc8C7(C)c7ccccc76)c6ccccc65)ccc4)ccc3c3ccccc32)c1.[Pt]. The van der Waals surface area contributed by atoms with Gasteiger partial charge in [-0.3, -0.25) is 0 Å². The van der Waals surface area contributed by atoms with Gasteiger partial charge in [-0.05, 0) is 98.1 Å². The average molecular weight is 1090 g/mol. The second-order valence-electron chi connectivity index (χ2n) is 20.7. The van der Waals surface area contributed by atoms with Crippen molar-refractivity contribution in [1.29, 1.82) is 0 Å². The molecule has 0 unspecified atom stereocenters. The molecule has 344 valence electrons. The van der Waals surface area contributed by atoms with Crippen LogP contribution in [0.1, 0.15) is 90.6 Å². The third-order valence-electron chi connectivity index (χ3n) is 16.3. The Morgan fingerprint density at radius 2 is 1.16 bits per heavy atom. The molecule has 0 amide bonds. The maximum absolute atomic E-state index is 6.80. The van der Waals surface area contributed by atoms with Gasteiger partial charge in [0.15, 0.2) is 0 Å². The van der Waals surface area contributed by atoms with Gasteiger partial charge in [0.2, 0.25) is 0 Å². The number of benzene rings is 8. The predicted molar refractivity (Wildman–Crippen MR) is 278 cm³/mol. The van der Waals surface area contributed by atoms with Crippen molar-refractivity contribution in [3.63, 3.8) is 0 Å². The summed E-state index contributed by atoms with van der Waals surface area (Å²) in [4.78, 5) is 9.82. The molecular formula is C64H49N4OPt-3. The van der Waals surface area contributed by atoms with E-state index in [1.165, 1.54) is 50.1 Å². The Morgan fingerprint density at radius 3 is 1.84 bits per heavy atom. The van der Waals surface area contributed by atoms with Crippen molar-refractivity contribution in [3.8, 4) is 17.3 Å². The van der Waals surface area contributed by atoms with Crippen LogP contribution in [0.15, 0.2) is 194 Å². The zero-order valence-electron chi connectivity index (χ0n) is 39.6. The molecule has 7 aliphatic rings. The second-order valence-corrected chi connectivity index (χ2v) is 20.7. The Balaban J connectivity index is 0.00000480. The normalized spacial score (nSPS) is 21.3. The number of nitrogens with zero attached hydrogens (tertiary/aromatic N) is 4. The first-order chi connectivity index (χ1) is 33.6. The van der Waals surface area contributed by atoms with Gasteiger partial charge in [0.05, 0.1) is 5.54 Å². The van der Waals surface area contributed by atoms with E-state index < -0.39 is 11.0 Å². The molecule has 10 aromatic rings. The van der Waals surface area contributed by atoms with Crippen LogP contribution in [0.5, 0.6) is 11.5 Å². The summed E-state index contributed by atoms with van der Waals surface area (Å²) < 4.78 is 9.01. The van der Waals surface area contributed by atoms with Crippen LogP contribution in [-0.4, -0.2) is 9.55 Å². The zero-order chi connectivity index (χ0) is 46.4. The quantitative estimate of drug-likeness (QED) is 0.161. The molecule has 17 rings (SSSR count). The fourth-order valence-corrected chi connectivity index (χ4v) is 13.4. The van der Waals surface area contributed by atoms with Crippen LogP contribution in [0.3, 0.4) is 0 Å². The van der Waals surface area contributed by atoms with Gasteiger partial charge < -0.3 is 19.1 Å². The Bertz CT molecular complexity index is 3670. The number of pyridine rings is 1. The topological polar surface area (TPSA) is 33.5 Å². The summed E-state index contributed by atoms with van der Waals surface area (Å²) in [7, 11) is 0. The minimum atomic E-state index is -0.728. The summed E-state index contributed by atoms with van der Waals surface area (Å²) in [5.74, 6) is 2.15. The van der Waals surface area contributed by atoms with Crippen LogP contribution in [0.25, 0.3) is 27.6 Å². The largest absolute Gasteiger partial charge is 0.509 e. The van der Waals surface area contributed by atoms with Crippen LogP contribution in [0.4, 0.5) is 17.1 Å². The van der Waals surface area contributed by atoms with E-state index in [0.29, 0.717) is 11.5 Å². The van der Waals surface area contributed by atoms with Crippen molar-refractivity contribution >= 4 is 38.9 Å². The number of rotatable bonds is 5.